The first-order valence-electron chi connectivity index (χ1n) is 10.3. The van der Waals surface area contributed by atoms with Gasteiger partial charge in [-0.3, -0.25) is 9.88 Å². The van der Waals surface area contributed by atoms with Crippen LogP contribution in [0.5, 0.6) is 11.6 Å². The summed E-state index contributed by atoms with van der Waals surface area (Å²) in [6, 6.07) is 14.7. The largest absolute Gasteiger partial charge is 0.493 e. The number of pyridine rings is 2. The first-order chi connectivity index (χ1) is 14.7. The lowest BCUT2D eigenvalue weighted by Crippen LogP contribution is -2.32. The molecule has 1 aromatic carbocycles. The van der Waals surface area contributed by atoms with Crippen LogP contribution >= 0.6 is 0 Å². The lowest BCUT2D eigenvalue weighted by molar-refractivity contribution is 0.121. The van der Waals surface area contributed by atoms with Crippen LogP contribution in [0.15, 0.2) is 60.9 Å². The second kappa shape index (κ2) is 8.03. The molecular weight excluding hydrogens is 381 g/mol. The minimum absolute atomic E-state index is 0.0868. The summed E-state index contributed by atoms with van der Waals surface area (Å²) in [6.45, 7) is 4.70. The predicted molar refractivity (Wildman–Crippen MR) is 111 cm³/mol. The van der Waals surface area contributed by atoms with Gasteiger partial charge in [-0.15, -0.1) is 0 Å². The molecule has 30 heavy (non-hydrogen) atoms. The van der Waals surface area contributed by atoms with Crippen molar-refractivity contribution in [2.75, 3.05) is 19.8 Å². The molecule has 154 valence electrons. The maximum atomic E-state index is 14.1. The topological polar surface area (TPSA) is 47.5 Å². The molecule has 6 heteroatoms. The van der Waals surface area contributed by atoms with Crippen molar-refractivity contribution in [2.45, 2.75) is 19.5 Å². The fourth-order valence-electron chi connectivity index (χ4n) is 4.66. The van der Waals surface area contributed by atoms with Gasteiger partial charge < -0.3 is 9.47 Å². The van der Waals surface area contributed by atoms with Crippen LogP contribution in [0.2, 0.25) is 0 Å². The molecule has 0 bridgehead atoms. The summed E-state index contributed by atoms with van der Waals surface area (Å²) in [6.07, 6.45) is 3.67. The van der Waals surface area contributed by atoms with Gasteiger partial charge >= 0.3 is 0 Å². The summed E-state index contributed by atoms with van der Waals surface area (Å²) in [5.74, 6) is 1.66. The van der Waals surface area contributed by atoms with Crippen LogP contribution in [0.25, 0.3) is 0 Å². The molecule has 1 saturated heterocycles. The molecule has 4 heterocycles. The summed E-state index contributed by atoms with van der Waals surface area (Å²) in [4.78, 5) is 11.1. The van der Waals surface area contributed by atoms with Gasteiger partial charge in [0.15, 0.2) is 0 Å². The average molecular weight is 405 g/mol. The highest BCUT2D eigenvalue weighted by Gasteiger charge is 2.46. The third kappa shape index (κ3) is 3.75. The molecule has 0 radical (unpaired) electrons. The molecular formula is C24H24FN3O2. The Labute approximate surface area is 175 Å². The van der Waals surface area contributed by atoms with Gasteiger partial charge in [0.25, 0.3) is 0 Å². The minimum atomic E-state index is -0.233. The lowest BCUT2D eigenvalue weighted by Gasteiger charge is -2.34. The van der Waals surface area contributed by atoms with E-state index < -0.39 is 0 Å². The van der Waals surface area contributed by atoms with Gasteiger partial charge in [0, 0.05) is 60.7 Å². The van der Waals surface area contributed by atoms with E-state index in [0.717, 1.165) is 35.7 Å². The van der Waals surface area contributed by atoms with Crippen LogP contribution in [-0.4, -0.2) is 34.6 Å². The number of hydrogen-bond donors (Lipinski definition) is 0. The van der Waals surface area contributed by atoms with Gasteiger partial charge in [-0.2, -0.15) is 0 Å². The average Bonchev–Trinajstić information content (AvgIpc) is 3.11. The van der Waals surface area contributed by atoms with Crippen molar-refractivity contribution in [1.82, 2.24) is 14.9 Å². The Bertz CT molecular complexity index is 1030. The molecule has 3 aromatic rings. The van der Waals surface area contributed by atoms with E-state index in [4.69, 9.17) is 9.47 Å². The zero-order chi connectivity index (χ0) is 20.5. The highest BCUT2D eigenvalue weighted by molar-refractivity contribution is 5.40. The second-order valence-electron chi connectivity index (χ2n) is 8.08. The lowest BCUT2D eigenvalue weighted by atomic mass is 9.85. The summed E-state index contributed by atoms with van der Waals surface area (Å²) < 4.78 is 26.2. The fraction of sp³-hybridized carbons (Fsp3) is 0.333. The van der Waals surface area contributed by atoms with E-state index in [1.807, 2.05) is 37.4 Å². The Hall–Kier alpha value is -2.99. The predicted octanol–water partition coefficient (Wildman–Crippen LogP) is 4.18. The standard InChI is InChI=1S/C24H24FN3O2/c1-16-4-2-6-23(27-16)30-14-18-13-28(12-17-5-3-9-26-11-17)24-20-10-19(25)7-8-22(20)29-15-21(18)24/h2-11,18,21,24H,12-15H2,1H3/t18-,21-,24-/m0/s1. The normalized spacial score (nSPS) is 22.8. The number of rotatable bonds is 5. The maximum Gasteiger partial charge on any atom is 0.213 e. The number of hydrogen-bond acceptors (Lipinski definition) is 5. The highest BCUT2D eigenvalue weighted by atomic mass is 19.1. The van der Waals surface area contributed by atoms with E-state index in [1.165, 1.54) is 6.07 Å². The van der Waals surface area contributed by atoms with E-state index in [-0.39, 0.29) is 23.7 Å². The van der Waals surface area contributed by atoms with Crippen molar-refractivity contribution in [1.29, 1.82) is 0 Å². The van der Waals surface area contributed by atoms with Crippen molar-refractivity contribution in [3.05, 3.63) is 83.6 Å². The highest BCUT2D eigenvalue weighted by Crippen LogP contribution is 2.48. The number of likely N-dealkylation sites (tertiary alicyclic amines) is 1. The molecule has 0 spiro atoms. The number of halogens is 1. The maximum absolute atomic E-state index is 14.1. The van der Waals surface area contributed by atoms with Crippen LogP contribution in [0.3, 0.4) is 0 Å². The zero-order valence-electron chi connectivity index (χ0n) is 16.9. The van der Waals surface area contributed by atoms with Crippen molar-refractivity contribution >= 4 is 0 Å². The fourth-order valence-corrected chi connectivity index (χ4v) is 4.66. The summed E-state index contributed by atoms with van der Waals surface area (Å²) >= 11 is 0. The van der Waals surface area contributed by atoms with Gasteiger partial charge in [0.05, 0.1) is 13.2 Å². The molecule has 5 rings (SSSR count). The van der Waals surface area contributed by atoms with Gasteiger partial charge in [0.2, 0.25) is 5.88 Å². The number of nitrogens with zero attached hydrogens (tertiary/aromatic N) is 3. The van der Waals surface area contributed by atoms with Crippen molar-refractivity contribution in [3.8, 4) is 11.6 Å². The monoisotopic (exact) mass is 405 g/mol. The Morgan fingerprint density at radius 1 is 1.20 bits per heavy atom. The van der Waals surface area contributed by atoms with E-state index in [9.17, 15) is 4.39 Å². The number of ether oxygens (including phenoxy) is 2. The third-order valence-corrected chi connectivity index (χ3v) is 6.01. The molecule has 0 N–H and O–H groups in total. The van der Waals surface area contributed by atoms with Crippen LogP contribution < -0.4 is 9.47 Å². The molecule has 5 nitrogen and oxygen atoms in total. The molecule has 2 aromatic heterocycles. The van der Waals surface area contributed by atoms with Crippen LogP contribution in [0.1, 0.15) is 22.9 Å². The van der Waals surface area contributed by atoms with E-state index in [2.05, 4.69) is 20.9 Å². The van der Waals surface area contributed by atoms with E-state index in [1.54, 1.807) is 18.3 Å². The first kappa shape index (κ1) is 19.0. The SMILES string of the molecule is Cc1cccc(OC[C@@H]2CN(Cc3cccnc3)[C@H]3c4cc(F)ccc4OC[C@@H]23)n1. The summed E-state index contributed by atoms with van der Waals surface area (Å²) in [5, 5.41) is 0. The molecule has 0 aliphatic carbocycles. The quantitative estimate of drug-likeness (QED) is 0.637. The first-order valence-corrected chi connectivity index (χ1v) is 10.3. The molecule has 2 aliphatic heterocycles. The Kier molecular flexibility index (Phi) is 5.09. The molecule has 2 aliphatic rings. The van der Waals surface area contributed by atoms with Crippen LogP contribution in [-0.2, 0) is 6.54 Å². The van der Waals surface area contributed by atoms with Gasteiger partial charge in [-0.05, 0) is 42.8 Å². The zero-order valence-corrected chi connectivity index (χ0v) is 16.9. The number of fused-ring (bicyclic) bond motifs is 3. The number of aryl methyl sites for hydroxylation is 1. The number of benzene rings is 1. The third-order valence-electron chi connectivity index (χ3n) is 6.01. The molecule has 0 saturated carbocycles. The minimum Gasteiger partial charge on any atom is -0.493 e. The van der Waals surface area contributed by atoms with E-state index in [0.29, 0.717) is 19.1 Å². The smallest absolute Gasteiger partial charge is 0.213 e. The number of aromatic nitrogens is 2. The molecule has 3 atom stereocenters. The Morgan fingerprint density at radius 3 is 2.97 bits per heavy atom. The van der Waals surface area contributed by atoms with Crippen molar-refractivity contribution < 1.29 is 13.9 Å². The molecule has 0 unspecified atom stereocenters. The summed E-state index contributed by atoms with van der Waals surface area (Å²) in [7, 11) is 0. The molecule has 0 amide bonds. The second-order valence-corrected chi connectivity index (χ2v) is 8.08. The van der Waals surface area contributed by atoms with Gasteiger partial charge in [-0.1, -0.05) is 12.1 Å². The van der Waals surface area contributed by atoms with Gasteiger partial charge in [0.1, 0.15) is 11.6 Å². The van der Waals surface area contributed by atoms with Crippen molar-refractivity contribution in [2.24, 2.45) is 11.8 Å². The molecule has 1 fully saturated rings. The van der Waals surface area contributed by atoms with Crippen molar-refractivity contribution in [3.63, 3.8) is 0 Å². The van der Waals surface area contributed by atoms with Crippen LogP contribution in [0, 0.1) is 24.6 Å². The van der Waals surface area contributed by atoms with Crippen LogP contribution in [0.4, 0.5) is 4.39 Å². The Balaban J connectivity index is 1.41. The summed E-state index contributed by atoms with van der Waals surface area (Å²) in [5.41, 5.74) is 2.99. The van der Waals surface area contributed by atoms with Gasteiger partial charge in [-0.25, -0.2) is 9.37 Å². The Morgan fingerprint density at radius 2 is 2.13 bits per heavy atom. The van der Waals surface area contributed by atoms with E-state index >= 15 is 0 Å².